The number of carbonyl (C=O) groups excluding carboxylic acids is 4. The van der Waals surface area contributed by atoms with Crippen LogP contribution in [0.2, 0.25) is 0 Å². The Kier molecular flexibility index (Phi) is 4.59. The number of imide groups is 2. The van der Waals surface area contributed by atoms with E-state index >= 15 is 0 Å². The van der Waals surface area contributed by atoms with Crippen molar-refractivity contribution in [2.75, 3.05) is 14.1 Å². The molecule has 0 bridgehead atoms. The molecule has 27 heavy (non-hydrogen) atoms. The van der Waals surface area contributed by atoms with Crippen LogP contribution in [0.1, 0.15) is 25.7 Å². The zero-order valence-electron chi connectivity index (χ0n) is 15.3. The molecule has 8 atom stereocenters. The van der Waals surface area contributed by atoms with E-state index in [1.165, 1.54) is 25.9 Å². The number of aliphatic hydroxyl groups excluding tert-OH is 2. The Labute approximate surface area is 161 Å². The van der Waals surface area contributed by atoms with Crippen LogP contribution in [-0.2, 0) is 19.2 Å². The number of aliphatic hydroxyl groups is 2. The Morgan fingerprint density at radius 2 is 0.963 bits per heavy atom. The molecular formula is C18H24N2O6S. The highest BCUT2D eigenvalue weighted by Crippen LogP contribution is 2.47. The van der Waals surface area contributed by atoms with Crippen LogP contribution in [0.15, 0.2) is 0 Å². The largest absolute Gasteiger partial charge is 0.392 e. The number of thioether (sulfide) groups is 1. The van der Waals surface area contributed by atoms with Gasteiger partial charge in [-0.3, -0.25) is 29.0 Å². The SMILES string of the molecule is CN1C(=O)[C@H]2C[C@H](O)[C@H](S[C@@H]3C[C@H]4C(=O)N(C)C(=O)[C@@H]4C[C@@H]3O)C[C@@H]2C1=O. The van der Waals surface area contributed by atoms with E-state index in [9.17, 15) is 29.4 Å². The van der Waals surface area contributed by atoms with Gasteiger partial charge in [0, 0.05) is 24.6 Å². The Bertz CT molecular complexity index is 656. The first-order chi connectivity index (χ1) is 12.7. The van der Waals surface area contributed by atoms with Crippen molar-refractivity contribution in [3.05, 3.63) is 0 Å². The van der Waals surface area contributed by atoms with Gasteiger partial charge in [-0.1, -0.05) is 0 Å². The number of rotatable bonds is 2. The van der Waals surface area contributed by atoms with Gasteiger partial charge in [0.25, 0.3) is 0 Å². The van der Waals surface area contributed by atoms with Crippen molar-refractivity contribution in [1.82, 2.24) is 9.80 Å². The normalized spacial score (nSPS) is 44.7. The van der Waals surface area contributed by atoms with Gasteiger partial charge in [-0.2, -0.15) is 0 Å². The Hall–Kier alpha value is -1.45. The predicted octanol–water partition coefficient (Wildman–Crippen LogP) is -0.772. The molecule has 2 saturated carbocycles. The third kappa shape index (κ3) is 2.82. The van der Waals surface area contributed by atoms with Crippen LogP contribution in [0.5, 0.6) is 0 Å². The summed E-state index contributed by atoms with van der Waals surface area (Å²) in [5, 5.41) is 20.5. The van der Waals surface area contributed by atoms with E-state index < -0.39 is 35.9 Å². The second kappa shape index (κ2) is 6.56. The van der Waals surface area contributed by atoms with Gasteiger partial charge in [-0.25, -0.2) is 0 Å². The molecule has 2 aliphatic heterocycles. The Morgan fingerprint density at radius 3 is 1.30 bits per heavy atom. The van der Waals surface area contributed by atoms with Crippen molar-refractivity contribution in [2.24, 2.45) is 23.7 Å². The summed E-state index contributed by atoms with van der Waals surface area (Å²) in [4.78, 5) is 51.2. The minimum absolute atomic E-state index is 0.204. The van der Waals surface area contributed by atoms with E-state index in [1.807, 2.05) is 0 Å². The summed E-state index contributed by atoms with van der Waals surface area (Å²) in [5.74, 6) is -2.63. The van der Waals surface area contributed by atoms with Crippen LogP contribution in [0.4, 0.5) is 0 Å². The van der Waals surface area contributed by atoms with E-state index in [1.54, 1.807) is 0 Å². The number of likely N-dealkylation sites (tertiary alicyclic amines) is 2. The smallest absolute Gasteiger partial charge is 0.232 e. The van der Waals surface area contributed by atoms with Crippen molar-refractivity contribution < 1.29 is 29.4 Å². The summed E-state index contributed by atoms with van der Waals surface area (Å²) in [6, 6.07) is 0. The van der Waals surface area contributed by atoms with E-state index in [2.05, 4.69) is 0 Å². The maximum atomic E-state index is 12.3. The standard InChI is InChI=1S/C18H24N2O6S/c1-19-15(23)7-3-11(21)13(5-9(7)17(19)25)27-14-6-10-8(4-12(14)22)16(24)20(2)18(10)26/h7-14,21-22H,3-6H2,1-2H3/t7-,8+,9-,10+,11-,12-,13+,14+/m0/s1. The van der Waals surface area contributed by atoms with Crippen molar-refractivity contribution in [2.45, 2.75) is 48.4 Å². The fraction of sp³-hybridized carbons (Fsp3) is 0.778. The first-order valence-electron chi connectivity index (χ1n) is 9.35. The van der Waals surface area contributed by atoms with Crippen LogP contribution in [0.3, 0.4) is 0 Å². The van der Waals surface area contributed by atoms with Crippen LogP contribution < -0.4 is 0 Å². The van der Waals surface area contributed by atoms with Gasteiger partial charge in [0.15, 0.2) is 0 Å². The van der Waals surface area contributed by atoms with Crippen molar-refractivity contribution in [3.63, 3.8) is 0 Å². The van der Waals surface area contributed by atoms with Gasteiger partial charge in [0.05, 0.1) is 35.9 Å². The van der Waals surface area contributed by atoms with Crippen LogP contribution in [0.25, 0.3) is 0 Å². The highest BCUT2D eigenvalue weighted by molar-refractivity contribution is 8.00. The molecule has 4 rings (SSSR count). The molecule has 4 aliphatic rings. The second-order valence-electron chi connectivity index (χ2n) is 8.19. The lowest BCUT2D eigenvalue weighted by molar-refractivity contribution is -0.139. The minimum atomic E-state index is -0.743. The van der Waals surface area contributed by atoms with Gasteiger partial charge in [-0.15, -0.1) is 11.8 Å². The molecule has 0 aromatic heterocycles. The summed E-state index contributed by atoms with van der Waals surface area (Å²) in [6.45, 7) is 0. The molecule has 2 aliphatic carbocycles. The minimum Gasteiger partial charge on any atom is -0.392 e. The average Bonchev–Trinajstić information content (AvgIpc) is 2.97. The molecule has 8 nitrogen and oxygen atoms in total. The molecule has 4 fully saturated rings. The monoisotopic (exact) mass is 396 g/mol. The van der Waals surface area contributed by atoms with E-state index in [0.717, 1.165) is 9.80 Å². The van der Waals surface area contributed by atoms with Crippen LogP contribution in [0, 0.1) is 23.7 Å². The molecule has 0 aromatic carbocycles. The van der Waals surface area contributed by atoms with Gasteiger partial charge >= 0.3 is 0 Å². The maximum Gasteiger partial charge on any atom is 0.232 e. The highest BCUT2D eigenvalue weighted by atomic mass is 32.2. The number of carbonyl (C=O) groups is 4. The van der Waals surface area contributed by atoms with Crippen LogP contribution in [-0.4, -0.2) is 80.4 Å². The quantitative estimate of drug-likeness (QED) is 0.589. The third-order valence-electron chi connectivity index (χ3n) is 6.73. The third-order valence-corrected chi connectivity index (χ3v) is 8.45. The van der Waals surface area contributed by atoms with Gasteiger partial charge < -0.3 is 10.2 Å². The molecule has 0 aromatic rings. The summed E-state index contributed by atoms with van der Waals surface area (Å²) in [7, 11) is 2.95. The zero-order valence-corrected chi connectivity index (χ0v) is 16.1. The molecule has 0 spiro atoms. The lowest BCUT2D eigenvalue weighted by Crippen LogP contribution is -2.43. The summed E-state index contributed by atoms with van der Waals surface area (Å²) < 4.78 is 0. The van der Waals surface area contributed by atoms with E-state index in [-0.39, 0.29) is 47.0 Å². The first-order valence-corrected chi connectivity index (χ1v) is 10.3. The molecule has 148 valence electrons. The topological polar surface area (TPSA) is 115 Å². The highest BCUT2D eigenvalue weighted by Gasteiger charge is 2.54. The van der Waals surface area contributed by atoms with Gasteiger partial charge in [0.1, 0.15) is 0 Å². The molecule has 2 N–H and O–H groups in total. The number of amides is 4. The van der Waals surface area contributed by atoms with Gasteiger partial charge in [0.2, 0.25) is 23.6 Å². The summed E-state index contributed by atoms with van der Waals surface area (Å²) >= 11 is 1.40. The summed E-state index contributed by atoms with van der Waals surface area (Å²) in [6.07, 6.45) is -0.232. The lowest BCUT2D eigenvalue weighted by Gasteiger charge is -2.39. The van der Waals surface area contributed by atoms with Crippen molar-refractivity contribution in [1.29, 1.82) is 0 Å². The van der Waals surface area contributed by atoms with Crippen molar-refractivity contribution in [3.8, 4) is 0 Å². The Balaban J connectivity index is 1.46. The van der Waals surface area contributed by atoms with Crippen LogP contribution >= 0.6 is 11.8 Å². The van der Waals surface area contributed by atoms with E-state index in [4.69, 9.17) is 0 Å². The van der Waals surface area contributed by atoms with E-state index in [0.29, 0.717) is 12.8 Å². The number of hydrogen-bond acceptors (Lipinski definition) is 7. The fourth-order valence-corrected chi connectivity index (χ4v) is 6.79. The fourth-order valence-electron chi connectivity index (χ4n) is 5.12. The maximum absolute atomic E-state index is 12.3. The molecule has 0 radical (unpaired) electrons. The first kappa shape index (κ1) is 18.9. The average molecular weight is 396 g/mol. The Morgan fingerprint density at radius 1 is 0.667 bits per heavy atom. The number of fused-ring (bicyclic) bond motifs is 2. The number of nitrogens with zero attached hydrogens (tertiary/aromatic N) is 2. The van der Waals surface area contributed by atoms with Crippen molar-refractivity contribution >= 4 is 35.4 Å². The number of hydrogen-bond donors (Lipinski definition) is 2. The van der Waals surface area contributed by atoms with Gasteiger partial charge in [-0.05, 0) is 25.7 Å². The lowest BCUT2D eigenvalue weighted by atomic mass is 9.79. The zero-order chi connectivity index (χ0) is 19.6. The molecule has 2 heterocycles. The second-order valence-corrected chi connectivity index (χ2v) is 9.67. The molecule has 4 amide bonds. The predicted molar refractivity (Wildman–Crippen MR) is 95.2 cm³/mol. The molecule has 2 saturated heterocycles. The molecule has 9 heteroatoms. The molecular weight excluding hydrogens is 372 g/mol. The molecule has 0 unspecified atom stereocenters. The summed E-state index contributed by atoms with van der Waals surface area (Å²) in [5.41, 5.74) is 0.